The van der Waals surface area contributed by atoms with Crippen LogP contribution >= 0.6 is 0 Å². The Balaban J connectivity index is 0.00000112. The zero-order valence-corrected chi connectivity index (χ0v) is 8.36. The smallest absolute Gasteiger partial charge is 0.0721 e. The van der Waals surface area contributed by atoms with Gasteiger partial charge in [-0.25, -0.2) is 0 Å². The van der Waals surface area contributed by atoms with Crippen molar-refractivity contribution >= 4 is 22.4 Å². The van der Waals surface area contributed by atoms with Crippen LogP contribution in [0.15, 0.2) is 36.4 Å². The van der Waals surface area contributed by atoms with Crippen LogP contribution in [0.2, 0.25) is 0 Å². The fraction of sp³-hybridized carbons (Fsp3) is 0. The number of benzene rings is 2. The number of anilines is 1. The van der Waals surface area contributed by atoms with Gasteiger partial charge in [-0.2, -0.15) is 0 Å². The van der Waals surface area contributed by atoms with Crippen molar-refractivity contribution < 1.29 is 9.90 Å². The average molecular weight is 204 g/mol. The van der Waals surface area contributed by atoms with Crippen molar-refractivity contribution in [3.8, 4) is 0 Å². The molecule has 0 spiro atoms. The molecule has 0 atom stereocenters. The van der Waals surface area contributed by atoms with Crippen LogP contribution in [0.5, 0.6) is 0 Å². The molecule has 2 rings (SSSR count). The Morgan fingerprint density at radius 3 is 2.27 bits per heavy atom. The number of carbonyl (C=O) groups is 1. The van der Waals surface area contributed by atoms with Crippen LogP contribution in [-0.2, 0) is 0 Å². The lowest BCUT2D eigenvalue weighted by molar-refractivity contribution is -0.254. The first-order valence-electron chi connectivity index (χ1n) is 4.18. The highest BCUT2D eigenvalue weighted by Crippen LogP contribution is 2.23. The second-order valence-electron chi connectivity index (χ2n) is 3.04. The van der Waals surface area contributed by atoms with Gasteiger partial charge >= 0.3 is 0 Å². The maximum Gasteiger partial charge on any atom is 0.0721 e. The number of carboxylic acids is 1. The van der Waals surface area contributed by atoms with Crippen molar-refractivity contribution in [1.29, 1.82) is 0 Å². The van der Waals surface area contributed by atoms with Crippen molar-refractivity contribution in [2.75, 3.05) is 5.73 Å². The zero-order chi connectivity index (χ0) is 10.1. The van der Waals surface area contributed by atoms with E-state index in [1.165, 1.54) is 6.07 Å². The third-order valence-electron chi connectivity index (χ3n) is 2.18. The lowest BCUT2D eigenvalue weighted by Gasteiger charge is -2.08. The van der Waals surface area contributed by atoms with E-state index in [1.807, 2.05) is 6.07 Å². The summed E-state index contributed by atoms with van der Waals surface area (Å²) in [6.45, 7) is 0. The Morgan fingerprint density at radius 2 is 1.67 bits per heavy atom. The van der Waals surface area contributed by atoms with Gasteiger partial charge in [-0.05, 0) is 11.5 Å². The van der Waals surface area contributed by atoms with E-state index in [2.05, 4.69) is 0 Å². The van der Waals surface area contributed by atoms with Gasteiger partial charge in [0.1, 0.15) is 0 Å². The summed E-state index contributed by atoms with van der Waals surface area (Å²) in [6, 6.07) is 10.1. The van der Waals surface area contributed by atoms with Crippen molar-refractivity contribution in [3.05, 3.63) is 42.0 Å². The van der Waals surface area contributed by atoms with Gasteiger partial charge in [-0.3, -0.25) is 0 Å². The topological polar surface area (TPSA) is 103 Å². The molecule has 2 aromatic rings. The first-order valence-corrected chi connectivity index (χ1v) is 4.18. The minimum absolute atomic E-state index is 0. The van der Waals surface area contributed by atoms with Crippen molar-refractivity contribution in [3.63, 3.8) is 0 Å². The third kappa shape index (κ3) is 1.75. The highest BCUT2D eigenvalue weighted by atomic mass is 16.4. The van der Waals surface area contributed by atoms with Gasteiger partial charge in [0.25, 0.3) is 0 Å². The van der Waals surface area contributed by atoms with Crippen LogP contribution in [0, 0.1) is 0 Å². The van der Waals surface area contributed by atoms with Crippen molar-refractivity contribution in [2.45, 2.75) is 0 Å². The number of fused-ring (bicyclic) bond motifs is 1. The summed E-state index contributed by atoms with van der Waals surface area (Å²) in [6.07, 6.45) is 0. The number of nitrogens with two attached hydrogens (primary N) is 1. The Bertz CT molecular complexity index is 509. The number of carbonyl (C=O) groups excluding carboxylic acids is 1. The summed E-state index contributed by atoms with van der Waals surface area (Å²) >= 11 is 0. The molecule has 0 saturated carbocycles. The maximum absolute atomic E-state index is 10.8. The lowest BCUT2D eigenvalue weighted by Crippen LogP contribution is -2.22. The molecule has 4 nitrogen and oxygen atoms in total. The number of rotatable bonds is 1. The summed E-state index contributed by atoms with van der Waals surface area (Å²) in [5, 5.41) is 12.1. The maximum atomic E-state index is 10.8. The third-order valence-corrected chi connectivity index (χ3v) is 2.18. The van der Waals surface area contributed by atoms with Crippen molar-refractivity contribution in [1.82, 2.24) is 6.15 Å². The Labute approximate surface area is 86.9 Å². The summed E-state index contributed by atoms with van der Waals surface area (Å²) in [5.74, 6) is -1.18. The fourth-order valence-electron chi connectivity index (χ4n) is 1.50. The number of carboxylic acid groups (broad SMARTS) is 1. The largest absolute Gasteiger partial charge is 0.545 e. The van der Waals surface area contributed by atoms with E-state index in [-0.39, 0.29) is 11.7 Å². The van der Waals surface area contributed by atoms with E-state index in [4.69, 9.17) is 5.73 Å². The molecule has 0 heterocycles. The van der Waals surface area contributed by atoms with E-state index < -0.39 is 5.97 Å². The van der Waals surface area contributed by atoms with Gasteiger partial charge in [0.15, 0.2) is 0 Å². The van der Waals surface area contributed by atoms with E-state index >= 15 is 0 Å². The first-order chi connectivity index (χ1) is 6.70. The second-order valence-corrected chi connectivity index (χ2v) is 3.04. The molecule has 2 aromatic carbocycles. The minimum atomic E-state index is -1.18. The molecule has 4 heteroatoms. The average Bonchev–Trinajstić information content (AvgIpc) is 2.18. The van der Waals surface area contributed by atoms with Gasteiger partial charge in [-0.1, -0.05) is 30.3 Å². The van der Waals surface area contributed by atoms with Gasteiger partial charge in [-0.15, -0.1) is 0 Å². The molecule has 0 saturated heterocycles. The van der Waals surface area contributed by atoms with E-state index in [9.17, 15) is 9.90 Å². The van der Waals surface area contributed by atoms with Crippen LogP contribution in [0.3, 0.4) is 0 Å². The quantitative estimate of drug-likeness (QED) is 0.681. The lowest BCUT2D eigenvalue weighted by atomic mass is 10.0. The molecule has 0 aliphatic heterocycles. The molecular formula is C11H12N2O2. The Morgan fingerprint density at radius 1 is 1.07 bits per heavy atom. The standard InChI is InChI=1S/C11H9NO2.H3N/c12-10-6-5-9(11(13)14)7-3-1-2-4-8(7)10;/h1-6H,12H2,(H,13,14);1H3. The molecule has 0 aliphatic carbocycles. The van der Waals surface area contributed by atoms with Crippen LogP contribution in [0.25, 0.3) is 10.8 Å². The summed E-state index contributed by atoms with van der Waals surface area (Å²) in [4.78, 5) is 10.8. The molecule has 6 N–H and O–H groups in total. The van der Waals surface area contributed by atoms with Gasteiger partial charge in [0.05, 0.1) is 5.97 Å². The molecule has 0 unspecified atom stereocenters. The molecule has 0 fully saturated rings. The Hall–Kier alpha value is -2.07. The normalized spacial score (nSPS) is 9.60. The highest BCUT2D eigenvalue weighted by molar-refractivity contribution is 6.06. The number of aromatic carboxylic acids is 1. The predicted molar refractivity (Wildman–Crippen MR) is 58.7 cm³/mol. The number of hydrogen-bond donors (Lipinski definition) is 2. The van der Waals surface area contributed by atoms with Gasteiger partial charge < -0.3 is 21.8 Å². The molecular weight excluding hydrogens is 192 g/mol. The monoisotopic (exact) mass is 204 g/mol. The highest BCUT2D eigenvalue weighted by Gasteiger charge is 2.03. The van der Waals surface area contributed by atoms with E-state index in [0.717, 1.165) is 5.39 Å². The van der Waals surface area contributed by atoms with Crippen LogP contribution in [0.4, 0.5) is 5.69 Å². The Kier molecular flexibility index (Phi) is 2.92. The minimum Gasteiger partial charge on any atom is -0.545 e. The second kappa shape index (κ2) is 3.98. The summed E-state index contributed by atoms with van der Waals surface area (Å²) in [5.41, 5.74) is 6.46. The van der Waals surface area contributed by atoms with Crippen LogP contribution in [-0.4, -0.2) is 5.97 Å². The number of nitrogen functional groups attached to an aromatic ring is 1. The molecule has 78 valence electrons. The zero-order valence-electron chi connectivity index (χ0n) is 8.36. The predicted octanol–water partition coefficient (Wildman–Crippen LogP) is 1.16. The molecule has 0 bridgehead atoms. The molecule has 15 heavy (non-hydrogen) atoms. The van der Waals surface area contributed by atoms with Crippen molar-refractivity contribution in [2.24, 2.45) is 0 Å². The molecule has 0 aromatic heterocycles. The van der Waals surface area contributed by atoms with Gasteiger partial charge in [0, 0.05) is 16.6 Å². The van der Waals surface area contributed by atoms with E-state index in [1.54, 1.807) is 24.3 Å². The number of quaternary nitrogens is 1. The fourth-order valence-corrected chi connectivity index (χ4v) is 1.50. The van der Waals surface area contributed by atoms with Crippen LogP contribution < -0.4 is 17.0 Å². The summed E-state index contributed by atoms with van der Waals surface area (Å²) < 4.78 is 0. The summed E-state index contributed by atoms with van der Waals surface area (Å²) in [7, 11) is 0. The van der Waals surface area contributed by atoms with Crippen LogP contribution in [0.1, 0.15) is 10.4 Å². The van der Waals surface area contributed by atoms with Gasteiger partial charge in [0.2, 0.25) is 0 Å². The molecule has 0 amide bonds. The van der Waals surface area contributed by atoms with E-state index in [0.29, 0.717) is 11.1 Å². The molecule has 0 aliphatic rings. The number of hydrogen-bond acceptors (Lipinski definition) is 3. The first kappa shape index (κ1) is 11.0. The molecule has 0 radical (unpaired) electrons. The SMILES string of the molecule is Nc1ccc(C(=O)[O-])c2ccccc12.[NH4+].